The third-order valence-corrected chi connectivity index (χ3v) is 6.97. The van der Waals surface area contributed by atoms with Gasteiger partial charge in [-0.15, -0.1) is 0 Å². The zero-order valence-corrected chi connectivity index (χ0v) is 13.8. The van der Waals surface area contributed by atoms with Crippen molar-refractivity contribution in [1.82, 2.24) is 5.32 Å². The van der Waals surface area contributed by atoms with Gasteiger partial charge in [0, 0.05) is 12.6 Å². The predicted octanol–water partition coefficient (Wildman–Crippen LogP) is 3.73. The van der Waals surface area contributed by atoms with Gasteiger partial charge in [0.25, 0.3) is 0 Å². The molecule has 0 saturated heterocycles. The summed E-state index contributed by atoms with van der Waals surface area (Å²) in [6, 6.07) is 0.579. The van der Waals surface area contributed by atoms with Crippen LogP contribution >= 0.6 is 0 Å². The maximum absolute atomic E-state index is 10.9. The average Bonchev–Trinajstić information content (AvgIpc) is 2.79. The highest BCUT2D eigenvalue weighted by Gasteiger charge is 2.59. The van der Waals surface area contributed by atoms with Gasteiger partial charge in [0.2, 0.25) is 0 Å². The van der Waals surface area contributed by atoms with Gasteiger partial charge >= 0.3 is 0 Å². The number of nitrogens with one attached hydrogen (secondary N) is 1. The molecule has 2 bridgehead atoms. The van der Waals surface area contributed by atoms with E-state index in [4.69, 9.17) is 0 Å². The summed E-state index contributed by atoms with van der Waals surface area (Å²) in [6.45, 7) is 10.4. The van der Waals surface area contributed by atoms with E-state index < -0.39 is 5.60 Å². The Morgan fingerprint density at radius 3 is 2.45 bits per heavy atom. The summed E-state index contributed by atoms with van der Waals surface area (Å²) < 4.78 is 0. The van der Waals surface area contributed by atoms with Crippen LogP contribution in [0.5, 0.6) is 0 Å². The van der Waals surface area contributed by atoms with E-state index >= 15 is 0 Å². The molecule has 0 spiro atoms. The fraction of sp³-hybridized carbons (Fsp3) is 1.00. The van der Waals surface area contributed by atoms with Gasteiger partial charge in [0.05, 0.1) is 5.60 Å². The van der Waals surface area contributed by atoms with Crippen LogP contribution < -0.4 is 5.32 Å². The van der Waals surface area contributed by atoms with Crippen molar-refractivity contribution in [2.24, 2.45) is 22.7 Å². The lowest BCUT2D eigenvalue weighted by molar-refractivity contribution is -0.0232. The fourth-order valence-electron chi connectivity index (χ4n) is 5.90. The summed E-state index contributed by atoms with van der Waals surface area (Å²) in [6.07, 6.45) is 8.60. The maximum Gasteiger partial charge on any atom is 0.0774 e. The summed E-state index contributed by atoms with van der Waals surface area (Å²) in [5.74, 6) is 1.56. The van der Waals surface area contributed by atoms with E-state index in [2.05, 4.69) is 33.0 Å². The van der Waals surface area contributed by atoms with Gasteiger partial charge in [0.15, 0.2) is 0 Å². The molecule has 5 atom stereocenters. The van der Waals surface area contributed by atoms with Crippen LogP contribution in [0.15, 0.2) is 0 Å². The third kappa shape index (κ3) is 2.33. The average molecular weight is 279 g/mol. The molecule has 2 N–H and O–H groups in total. The summed E-state index contributed by atoms with van der Waals surface area (Å²) >= 11 is 0. The molecular weight excluding hydrogens is 246 g/mol. The van der Waals surface area contributed by atoms with Crippen LogP contribution in [0.3, 0.4) is 0 Å². The Bertz CT molecular complexity index is 375. The highest BCUT2D eigenvalue weighted by atomic mass is 16.3. The Labute approximate surface area is 124 Å². The lowest BCUT2D eigenvalue weighted by Crippen LogP contribution is -2.55. The van der Waals surface area contributed by atoms with Gasteiger partial charge in [0.1, 0.15) is 0 Å². The molecule has 2 heteroatoms. The van der Waals surface area contributed by atoms with Crippen LogP contribution in [-0.2, 0) is 0 Å². The van der Waals surface area contributed by atoms with Crippen molar-refractivity contribution >= 4 is 0 Å². The molecule has 0 radical (unpaired) electrons. The highest BCUT2D eigenvalue weighted by Crippen LogP contribution is 2.62. The first-order valence-corrected chi connectivity index (χ1v) is 8.71. The predicted molar refractivity (Wildman–Crippen MR) is 83.6 cm³/mol. The molecular formula is C18H33NO. The maximum atomic E-state index is 10.9. The summed E-state index contributed by atoms with van der Waals surface area (Å²) in [5.41, 5.74) is 0.403. The Morgan fingerprint density at radius 2 is 1.85 bits per heavy atom. The van der Waals surface area contributed by atoms with Gasteiger partial charge in [-0.25, -0.2) is 0 Å². The normalized spacial score (nSPS) is 50.5. The van der Waals surface area contributed by atoms with Gasteiger partial charge < -0.3 is 10.4 Å². The highest BCUT2D eigenvalue weighted by molar-refractivity contribution is 5.12. The molecule has 0 aliphatic heterocycles. The molecule has 20 heavy (non-hydrogen) atoms. The molecule has 0 aromatic heterocycles. The van der Waals surface area contributed by atoms with Crippen LogP contribution in [0, 0.1) is 22.7 Å². The van der Waals surface area contributed by atoms with Crippen molar-refractivity contribution in [2.75, 3.05) is 6.54 Å². The smallest absolute Gasteiger partial charge is 0.0774 e. The summed E-state index contributed by atoms with van der Waals surface area (Å²) in [4.78, 5) is 0. The van der Waals surface area contributed by atoms with Crippen molar-refractivity contribution in [1.29, 1.82) is 0 Å². The van der Waals surface area contributed by atoms with Crippen molar-refractivity contribution in [3.05, 3.63) is 0 Å². The van der Waals surface area contributed by atoms with Crippen molar-refractivity contribution in [2.45, 2.75) is 84.3 Å². The van der Waals surface area contributed by atoms with Gasteiger partial charge in [-0.05, 0) is 54.8 Å². The minimum Gasteiger partial charge on any atom is -0.389 e. The Morgan fingerprint density at radius 1 is 1.10 bits per heavy atom. The zero-order valence-electron chi connectivity index (χ0n) is 13.8. The molecule has 0 heterocycles. The summed E-state index contributed by atoms with van der Waals surface area (Å²) in [5, 5.41) is 14.7. The summed E-state index contributed by atoms with van der Waals surface area (Å²) in [7, 11) is 0. The number of hydrogen-bond donors (Lipinski definition) is 2. The van der Waals surface area contributed by atoms with Crippen molar-refractivity contribution in [3.8, 4) is 0 Å². The molecule has 0 aromatic rings. The molecule has 0 aromatic carbocycles. The van der Waals surface area contributed by atoms with E-state index in [1.54, 1.807) is 0 Å². The van der Waals surface area contributed by atoms with Gasteiger partial charge in [-0.2, -0.15) is 0 Å². The lowest BCUT2D eigenvalue weighted by Gasteiger charge is -2.45. The largest absolute Gasteiger partial charge is 0.389 e. The molecule has 3 aliphatic carbocycles. The fourth-order valence-corrected chi connectivity index (χ4v) is 5.90. The zero-order chi connectivity index (χ0) is 14.6. The molecule has 3 rings (SSSR count). The quantitative estimate of drug-likeness (QED) is 0.825. The van der Waals surface area contributed by atoms with Crippen LogP contribution in [0.2, 0.25) is 0 Å². The number of hydrogen-bond acceptors (Lipinski definition) is 2. The van der Waals surface area contributed by atoms with E-state index in [0.717, 1.165) is 25.3 Å². The number of aliphatic hydroxyl groups is 1. The van der Waals surface area contributed by atoms with E-state index in [9.17, 15) is 5.11 Å². The Kier molecular flexibility index (Phi) is 3.49. The SMILES string of the molecule is CC1CCCC(O)(CNC2C(C)(C)[C@H]3CC[C@]2(C)C3)C1. The van der Waals surface area contributed by atoms with Crippen LogP contribution in [0.25, 0.3) is 0 Å². The lowest BCUT2D eigenvalue weighted by atomic mass is 9.68. The van der Waals surface area contributed by atoms with Crippen LogP contribution in [-0.4, -0.2) is 23.3 Å². The van der Waals surface area contributed by atoms with E-state index in [1.165, 1.54) is 32.1 Å². The van der Waals surface area contributed by atoms with E-state index in [0.29, 0.717) is 22.8 Å². The second kappa shape index (κ2) is 4.71. The van der Waals surface area contributed by atoms with Crippen molar-refractivity contribution in [3.63, 3.8) is 0 Å². The number of fused-ring (bicyclic) bond motifs is 2. The first-order valence-electron chi connectivity index (χ1n) is 8.71. The molecule has 3 unspecified atom stereocenters. The number of rotatable bonds is 3. The van der Waals surface area contributed by atoms with Crippen LogP contribution in [0.4, 0.5) is 0 Å². The van der Waals surface area contributed by atoms with Crippen molar-refractivity contribution < 1.29 is 5.11 Å². The second-order valence-corrected chi connectivity index (χ2v) is 9.15. The second-order valence-electron chi connectivity index (χ2n) is 9.15. The van der Waals surface area contributed by atoms with Gasteiger partial charge in [-0.1, -0.05) is 40.5 Å². The monoisotopic (exact) mass is 279 g/mol. The van der Waals surface area contributed by atoms with Crippen LogP contribution in [0.1, 0.15) is 72.6 Å². The van der Waals surface area contributed by atoms with E-state index in [-0.39, 0.29) is 0 Å². The molecule has 2 nitrogen and oxygen atoms in total. The standard InChI is InChI=1S/C18H33NO/c1-13-6-5-8-18(20,10-13)12-19-15-16(2,3)14-7-9-17(15,4)11-14/h13-15,19-20H,5-12H2,1-4H3/t13?,14-,15?,17+,18?/m0/s1. The topological polar surface area (TPSA) is 32.3 Å². The minimum absolute atomic E-state index is 0.393. The Balaban J connectivity index is 1.66. The first kappa shape index (κ1) is 14.8. The third-order valence-electron chi connectivity index (χ3n) is 6.97. The molecule has 116 valence electrons. The minimum atomic E-state index is -0.452. The Hall–Kier alpha value is -0.0800. The molecule has 3 aliphatic rings. The first-order chi connectivity index (χ1) is 9.25. The molecule has 0 amide bonds. The van der Waals surface area contributed by atoms with Gasteiger partial charge in [-0.3, -0.25) is 0 Å². The van der Waals surface area contributed by atoms with E-state index in [1.807, 2.05) is 0 Å². The molecule has 3 fully saturated rings. The molecule has 3 saturated carbocycles.